The Morgan fingerprint density at radius 2 is 1.65 bits per heavy atom. The van der Waals surface area contributed by atoms with Gasteiger partial charge in [-0.1, -0.05) is 27.4 Å². The third-order valence-corrected chi connectivity index (χ3v) is 2.64. The number of hydrogen-bond acceptors (Lipinski definition) is 4. The first-order valence-electron chi connectivity index (χ1n) is 6.17. The van der Waals surface area contributed by atoms with Crippen LogP contribution < -0.4 is 0 Å². The Labute approximate surface area is 118 Å². The third kappa shape index (κ3) is 5.86. The van der Waals surface area contributed by atoms with Crippen molar-refractivity contribution in [3.8, 4) is 0 Å². The number of rotatable bonds is 7. The molecule has 0 heterocycles. The van der Waals surface area contributed by atoms with Gasteiger partial charge in [0.1, 0.15) is 12.0 Å². The van der Waals surface area contributed by atoms with Gasteiger partial charge >= 0.3 is 17.9 Å². The molecule has 0 bridgehead atoms. The quantitative estimate of drug-likeness (QED) is 0.549. The molecule has 0 saturated carbocycles. The predicted molar refractivity (Wildman–Crippen MR) is 72.2 cm³/mol. The maximum Gasteiger partial charge on any atom is 0.333 e. The standard InChI is InChI=1S/C14H22O6/c1-9(2)11(17)20-8-14(12(18)19,6-10(15)16)7-13(3,4)5/h1,6-8H2,2-5H3,(H,15,16)(H,18,19). The van der Waals surface area contributed by atoms with Crippen molar-refractivity contribution < 1.29 is 29.3 Å². The zero-order valence-corrected chi connectivity index (χ0v) is 12.4. The second-order valence-electron chi connectivity index (χ2n) is 6.25. The van der Waals surface area contributed by atoms with Crippen molar-refractivity contribution >= 4 is 17.9 Å². The highest BCUT2D eigenvalue weighted by atomic mass is 16.5. The molecular weight excluding hydrogens is 264 g/mol. The van der Waals surface area contributed by atoms with Crippen LogP contribution in [0.1, 0.15) is 40.5 Å². The molecule has 6 heteroatoms. The van der Waals surface area contributed by atoms with Crippen LogP contribution in [0.3, 0.4) is 0 Å². The molecule has 0 radical (unpaired) electrons. The first-order chi connectivity index (χ1) is 8.89. The van der Waals surface area contributed by atoms with Crippen LogP contribution in [0.2, 0.25) is 0 Å². The van der Waals surface area contributed by atoms with Crippen molar-refractivity contribution in [3.63, 3.8) is 0 Å². The summed E-state index contributed by atoms with van der Waals surface area (Å²) in [5.74, 6) is -3.26. The molecule has 0 amide bonds. The number of hydrogen-bond donors (Lipinski definition) is 2. The van der Waals surface area contributed by atoms with Crippen LogP contribution in [-0.4, -0.2) is 34.7 Å². The van der Waals surface area contributed by atoms with Gasteiger partial charge in [0.2, 0.25) is 0 Å². The molecule has 0 saturated heterocycles. The van der Waals surface area contributed by atoms with E-state index in [2.05, 4.69) is 6.58 Å². The van der Waals surface area contributed by atoms with Crippen molar-refractivity contribution in [1.29, 1.82) is 0 Å². The molecule has 1 atom stereocenters. The minimum atomic E-state index is -1.64. The molecule has 6 nitrogen and oxygen atoms in total. The Balaban J connectivity index is 5.29. The molecule has 0 aromatic heterocycles. The van der Waals surface area contributed by atoms with Crippen LogP contribution in [0.5, 0.6) is 0 Å². The summed E-state index contributed by atoms with van der Waals surface area (Å²) < 4.78 is 4.89. The van der Waals surface area contributed by atoms with Gasteiger partial charge in [0.25, 0.3) is 0 Å². The van der Waals surface area contributed by atoms with E-state index in [1.54, 1.807) is 20.8 Å². The number of esters is 1. The molecule has 0 aliphatic carbocycles. The van der Waals surface area contributed by atoms with Crippen LogP contribution in [0, 0.1) is 10.8 Å². The van der Waals surface area contributed by atoms with Crippen LogP contribution >= 0.6 is 0 Å². The maximum absolute atomic E-state index is 11.5. The largest absolute Gasteiger partial charge is 0.481 e. The van der Waals surface area contributed by atoms with E-state index in [0.717, 1.165) is 0 Å². The van der Waals surface area contributed by atoms with E-state index < -0.39 is 41.8 Å². The number of carbonyl (C=O) groups excluding carboxylic acids is 1. The highest BCUT2D eigenvalue weighted by Gasteiger charge is 2.45. The molecule has 114 valence electrons. The summed E-state index contributed by atoms with van der Waals surface area (Å²) in [4.78, 5) is 33.9. The molecule has 2 N–H and O–H groups in total. The Morgan fingerprint density at radius 1 is 1.15 bits per heavy atom. The van der Waals surface area contributed by atoms with E-state index in [1.807, 2.05) is 0 Å². The molecule has 0 fully saturated rings. The van der Waals surface area contributed by atoms with E-state index in [0.29, 0.717) is 0 Å². The normalized spacial score (nSPS) is 14.2. The lowest BCUT2D eigenvalue weighted by molar-refractivity contribution is -0.165. The Bertz CT molecular complexity index is 418. The minimum absolute atomic E-state index is 0.0745. The number of carboxylic acid groups (broad SMARTS) is 2. The van der Waals surface area contributed by atoms with Crippen molar-refractivity contribution in [2.75, 3.05) is 6.61 Å². The SMILES string of the molecule is C=C(C)C(=O)OCC(CC(=O)O)(CC(C)(C)C)C(=O)O. The van der Waals surface area contributed by atoms with Crippen LogP contribution in [-0.2, 0) is 19.1 Å². The molecule has 0 aromatic carbocycles. The zero-order valence-electron chi connectivity index (χ0n) is 12.4. The van der Waals surface area contributed by atoms with Crippen LogP contribution in [0.25, 0.3) is 0 Å². The molecule has 0 spiro atoms. The van der Waals surface area contributed by atoms with Gasteiger partial charge in [0.15, 0.2) is 0 Å². The molecule has 0 rings (SSSR count). The third-order valence-electron chi connectivity index (χ3n) is 2.64. The Kier molecular flexibility index (Phi) is 5.94. The Hall–Kier alpha value is -1.85. The van der Waals surface area contributed by atoms with Crippen molar-refractivity contribution in [2.45, 2.75) is 40.5 Å². The van der Waals surface area contributed by atoms with E-state index >= 15 is 0 Å². The molecule has 0 aromatic rings. The molecule has 1 unspecified atom stereocenters. The number of carbonyl (C=O) groups is 3. The average Bonchev–Trinajstić information content (AvgIpc) is 2.21. The second kappa shape index (κ2) is 6.54. The fourth-order valence-corrected chi connectivity index (χ4v) is 2.01. The van der Waals surface area contributed by atoms with E-state index in [1.165, 1.54) is 6.92 Å². The summed E-state index contributed by atoms with van der Waals surface area (Å²) in [6.45, 7) is 9.74. The molecule has 0 aliphatic rings. The lowest BCUT2D eigenvalue weighted by atomic mass is 9.72. The lowest BCUT2D eigenvalue weighted by Crippen LogP contribution is -2.42. The number of ether oxygens (including phenoxy) is 1. The first kappa shape index (κ1) is 18.1. The first-order valence-corrected chi connectivity index (χ1v) is 6.17. The van der Waals surface area contributed by atoms with E-state index in [4.69, 9.17) is 9.84 Å². The monoisotopic (exact) mass is 286 g/mol. The van der Waals surface area contributed by atoms with Gasteiger partial charge in [-0.2, -0.15) is 0 Å². The summed E-state index contributed by atoms with van der Waals surface area (Å²) in [6.07, 6.45) is -0.534. The highest BCUT2D eigenvalue weighted by molar-refractivity contribution is 5.87. The fourth-order valence-electron chi connectivity index (χ4n) is 2.01. The van der Waals surface area contributed by atoms with Crippen molar-refractivity contribution in [3.05, 3.63) is 12.2 Å². The van der Waals surface area contributed by atoms with Gasteiger partial charge in [-0.15, -0.1) is 0 Å². The smallest absolute Gasteiger partial charge is 0.333 e. The van der Waals surface area contributed by atoms with E-state index in [9.17, 15) is 19.5 Å². The van der Waals surface area contributed by atoms with Gasteiger partial charge in [0.05, 0.1) is 6.42 Å². The zero-order chi connectivity index (χ0) is 16.1. The Morgan fingerprint density at radius 3 is 1.95 bits per heavy atom. The average molecular weight is 286 g/mol. The fraction of sp³-hybridized carbons (Fsp3) is 0.643. The highest BCUT2D eigenvalue weighted by Crippen LogP contribution is 2.37. The van der Waals surface area contributed by atoms with Crippen LogP contribution in [0.4, 0.5) is 0 Å². The van der Waals surface area contributed by atoms with Gasteiger partial charge in [0, 0.05) is 5.57 Å². The van der Waals surface area contributed by atoms with Crippen LogP contribution in [0.15, 0.2) is 12.2 Å². The lowest BCUT2D eigenvalue weighted by Gasteiger charge is -2.33. The number of aliphatic carboxylic acids is 2. The van der Waals surface area contributed by atoms with Gasteiger partial charge in [-0.05, 0) is 18.8 Å². The topological polar surface area (TPSA) is 101 Å². The molecular formula is C14H22O6. The second-order valence-corrected chi connectivity index (χ2v) is 6.25. The summed E-state index contributed by atoms with van der Waals surface area (Å²) in [5.41, 5.74) is -1.94. The molecule has 0 aliphatic heterocycles. The van der Waals surface area contributed by atoms with Gasteiger partial charge in [-0.25, -0.2) is 4.79 Å². The van der Waals surface area contributed by atoms with Gasteiger partial charge < -0.3 is 14.9 Å². The molecule has 20 heavy (non-hydrogen) atoms. The predicted octanol–water partition coefficient (Wildman–Crippen LogP) is 2.09. The minimum Gasteiger partial charge on any atom is -0.481 e. The van der Waals surface area contributed by atoms with Gasteiger partial charge in [-0.3, -0.25) is 9.59 Å². The van der Waals surface area contributed by atoms with E-state index in [-0.39, 0.29) is 12.0 Å². The maximum atomic E-state index is 11.5. The number of carboxylic acids is 2. The summed E-state index contributed by atoms with van der Waals surface area (Å²) >= 11 is 0. The summed E-state index contributed by atoms with van der Waals surface area (Å²) in [6, 6.07) is 0. The van der Waals surface area contributed by atoms with Crippen molar-refractivity contribution in [2.24, 2.45) is 10.8 Å². The van der Waals surface area contributed by atoms with Crippen molar-refractivity contribution in [1.82, 2.24) is 0 Å². The summed E-state index contributed by atoms with van der Waals surface area (Å²) in [5, 5.41) is 18.4. The summed E-state index contributed by atoms with van der Waals surface area (Å²) in [7, 11) is 0.